The van der Waals surface area contributed by atoms with Crippen molar-refractivity contribution < 1.29 is 17.9 Å². The molecule has 0 aliphatic rings. The first-order valence-corrected chi connectivity index (χ1v) is 6.42. The zero-order valence-electron chi connectivity index (χ0n) is 11.5. The maximum Gasteiger partial charge on any atom is 0.433 e. The van der Waals surface area contributed by atoms with E-state index in [0.717, 1.165) is 22.8 Å². The number of hydrogen-bond donors (Lipinski definition) is 0. The summed E-state index contributed by atoms with van der Waals surface area (Å²) in [6.45, 7) is 5.54. The van der Waals surface area contributed by atoms with Gasteiger partial charge in [-0.05, 0) is 43.5 Å². The van der Waals surface area contributed by atoms with Crippen LogP contribution < -0.4 is 4.74 Å². The van der Waals surface area contributed by atoms with Gasteiger partial charge in [0, 0.05) is 6.07 Å². The topological polar surface area (TPSA) is 35.0 Å². The van der Waals surface area contributed by atoms with Crippen LogP contribution in [0.2, 0.25) is 5.28 Å². The Balaban J connectivity index is 2.43. The number of hydrogen-bond acceptors (Lipinski definition) is 3. The lowest BCUT2D eigenvalue weighted by atomic mass is 10.1. The number of halogens is 4. The lowest BCUT2D eigenvalue weighted by molar-refractivity contribution is -0.141. The van der Waals surface area contributed by atoms with Gasteiger partial charge < -0.3 is 4.74 Å². The van der Waals surface area contributed by atoms with Crippen LogP contribution in [0, 0.1) is 20.8 Å². The van der Waals surface area contributed by atoms with E-state index < -0.39 is 17.2 Å². The van der Waals surface area contributed by atoms with E-state index in [-0.39, 0.29) is 5.88 Å². The number of aryl methyl sites for hydroxylation is 3. The molecule has 0 radical (unpaired) electrons. The molecule has 0 amide bonds. The van der Waals surface area contributed by atoms with Crippen molar-refractivity contribution in [2.75, 3.05) is 0 Å². The van der Waals surface area contributed by atoms with E-state index in [1.54, 1.807) is 0 Å². The summed E-state index contributed by atoms with van der Waals surface area (Å²) in [4.78, 5) is 6.83. The minimum atomic E-state index is -4.61. The standard InChI is InChI=1S/C14H12ClF3N2O/c1-7-4-8(2)12(9(3)5-7)21-11-6-10(14(16,17)18)19-13(15)20-11/h4-6H,1-3H3. The third-order valence-corrected chi connectivity index (χ3v) is 2.95. The third kappa shape index (κ3) is 3.64. The van der Waals surface area contributed by atoms with Gasteiger partial charge in [-0.3, -0.25) is 0 Å². The second-order valence-corrected chi connectivity index (χ2v) is 5.03. The lowest BCUT2D eigenvalue weighted by Gasteiger charge is -2.13. The van der Waals surface area contributed by atoms with Crippen LogP contribution in [0.15, 0.2) is 18.2 Å². The Morgan fingerprint density at radius 1 is 1.00 bits per heavy atom. The molecule has 0 aliphatic carbocycles. The van der Waals surface area contributed by atoms with Crippen LogP contribution in [-0.4, -0.2) is 9.97 Å². The van der Waals surface area contributed by atoms with E-state index in [1.165, 1.54) is 0 Å². The van der Waals surface area contributed by atoms with E-state index in [2.05, 4.69) is 9.97 Å². The second kappa shape index (κ2) is 5.52. The molecule has 3 nitrogen and oxygen atoms in total. The lowest BCUT2D eigenvalue weighted by Crippen LogP contribution is -2.09. The molecular formula is C14H12ClF3N2O. The fourth-order valence-corrected chi connectivity index (χ4v) is 2.20. The molecule has 2 rings (SSSR count). The van der Waals surface area contributed by atoms with Crippen LogP contribution in [0.1, 0.15) is 22.4 Å². The molecule has 0 spiro atoms. The van der Waals surface area contributed by atoms with Crippen LogP contribution in [0.25, 0.3) is 0 Å². The van der Waals surface area contributed by atoms with Crippen LogP contribution >= 0.6 is 11.6 Å². The summed E-state index contributed by atoms with van der Waals surface area (Å²) in [5, 5.41) is -0.512. The first kappa shape index (κ1) is 15.6. The molecule has 1 heterocycles. The van der Waals surface area contributed by atoms with Crippen LogP contribution in [-0.2, 0) is 6.18 Å². The van der Waals surface area contributed by atoms with E-state index >= 15 is 0 Å². The average molecular weight is 317 g/mol. The number of benzene rings is 1. The molecule has 1 aromatic heterocycles. The molecule has 2 aromatic rings. The fourth-order valence-electron chi connectivity index (χ4n) is 2.03. The van der Waals surface area contributed by atoms with Crippen molar-refractivity contribution >= 4 is 11.6 Å². The van der Waals surface area contributed by atoms with Crippen LogP contribution in [0.5, 0.6) is 11.6 Å². The summed E-state index contributed by atoms with van der Waals surface area (Å²) in [5.74, 6) is 0.223. The smallest absolute Gasteiger partial charge is 0.433 e. The Morgan fingerprint density at radius 3 is 2.10 bits per heavy atom. The maximum absolute atomic E-state index is 12.7. The van der Waals surface area contributed by atoms with Gasteiger partial charge >= 0.3 is 6.18 Å². The Hall–Kier alpha value is -1.82. The van der Waals surface area contributed by atoms with Gasteiger partial charge in [0.05, 0.1) is 0 Å². The highest BCUT2D eigenvalue weighted by Gasteiger charge is 2.34. The maximum atomic E-state index is 12.7. The molecule has 0 fully saturated rings. The molecule has 0 saturated carbocycles. The highest BCUT2D eigenvalue weighted by Crippen LogP contribution is 2.33. The van der Waals surface area contributed by atoms with Gasteiger partial charge in [0.2, 0.25) is 11.2 Å². The Kier molecular flexibility index (Phi) is 4.09. The molecule has 21 heavy (non-hydrogen) atoms. The Morgan fingerprint density at radius 2 is 1.57 bits per heavy atom. The number of nitrogens with zero attached hydrogens (tertiary/aromatic N) is 2. The molecule has 112 valence electrons. The quantitative estimate of drug-likeness (QED) is 0.742. The number of aromatic nitrogens is 2. The van der Waals surface area contributed by atoms with Gasteiger partial charge in [-0.25, -0.2) is 4.98 Å². The average Bonchev–Trinajstić information content (AvgIpc) is 2.32. The largest absolute Gasteiger partial charge is 0.438 e. The van der Waals surface area contributed by atoms with Gasteiger partial charge in [0.15, 0.2) is 5.69 Å². The van der Waals surface area contributed by atoms with E-state index in [0.29, 0.717) is 5.75 Å². The van der Waals surface area contributed by atoms with Crippen molar-refractivity contribution in [2.45, 2.75) is 26.9 Å². The summed E-state index contributed by atoms with van der Waals surface area (Å²) in [6, 6.07) is 4.47. The van der Waals surface area contributed by atoms with Crippen molar-refractivity contribution in [2.24, 2.45) is 0 Å². The van der Waals surface area contributed by atoms with Crippen molar-refractivity contribution in [3.8, 4) is 11.6 Å². The summed E-state index contributed by atoms with van der Waals surface area (Å²) < 4.78 is 43.6. The molecule has 0 unspecified atom stereocenters. The molecule has 0 N–H and O–H groups in total. The molecule has 0 bridgehead atoms. The van der Waals surface area contributed by atoms with Gasteiger partial charge in [-0.1, -0.05) is 17.7 Å². The third-order valence-electron chi connectivity index (χ3n) is 2.78. The first-order chi connectivity index (χ1) is 9.66. The minimum absolute atomic E-state index is 0.239. The second-order valence-electron chi connectivity index (χ2n) is 4.69. The van der Waals surface area contributed by atoms with Crippen molar-refractivity contribution in [1.82, 2.24) is 9.97 Å². The van der Waals surface area contributed by atoms with Gasteiger partial charge in [-0.15, -0.1) is 0 Å². The molecule has 0 saturated heterocycles. The van der Waals surface area contributed by atoms with Crippen LogP contribution in [0.4, 0.5) is 13.2 Å². The SMILES string of the molecule is Cc1cc(C)c(Oc2cc(C(F)(F)F)nc(Cl)n2)c(C)c1. The zero-order chi connectivity index (χ0) is 15.8. The molecule has 7 heteroatoms. The van der Waals surface area contributed by atoms with Crippen LogP contribution in [0.3, 0.4) is 0 Å². The van der Waals surface area contributed by atoms with E-state index in [4.69, 9.17) is 16.3 Å². The normalized spacial score (nSPS) is 11.6. The number of alkyl halides is 3. The Bertz CT molecular complexity index is 663. The van der Waals surface area contributed by atoms with E-state index in [9.17, 15) is 13.2 Å². The summed E-state index contributed by atoms with van der Waals surface area (Å²) in [7, 11) is 0. The monoisotopic (exact) mass is 316 g/mol. The molecule has 0 aliphatic heterocycles. The van der Waals surface area contributed by atoms with Crippen molar-refractivity contribution in [1.29, 1.82) is 0 Å². The minimum Gasteiger partial charge on any atom is -0.438 e. The van der Waals surface area contributed by atoms with E-state index in [1.807, 2.05) is 32.9 Å². The van der Waals surface area contributed by atoms with Crippen molar-refractivity contribution in [3.05, 3.63) is 45.9 Å². The molecular weight excluding hydrogens is 305 g/mol. The summed E-state index contributed by atoms with van der Waals surface area (Å²) >= 11 is 5.52. The van der Waals surface area contributed by atoms with Crippen molar-refractivity contribution in [3.63, 3.8) is 0 Å². The van der Waals surface area contributed by atoms with Gasteiger partial charge in [0.1, 0.15) is 5.75 Å². The number of rotatable bonds is 2. The first-order valence-electron chi connectivity index (χ1n) is 6.04. The fraction of sp³-hybridized carbons (Fsp3) is 0.286. The predicted molar refractivity (Wildman–Crippen MR) is 72.8 cm³/mol. The zero-order valence-corrected chi connectivity index (χ0v) is 12.3. The summed E-state index contributed by atoms with van der Waals surface area (Å²) in [6.07, 6.45) is -4.61. The predicted octanol–water partition coefficient (Wildman–Crippen LogP) is 4.87. The number of ether oxygens (including phenoxy) is 1. The highest BCUT2D eigenvalue weighted by atomic mass is 35.5. The highest BCUT2D eigenvalue weighted by molar-refractivity contribution is 6.28. The molecule has 0 atom stereocenters. The van der Waals surface area contributed by atoms with Gasteiger partial charge in [-0.2, -0.15) is 18.2 Å². The summed E-state index contributed by atoms with van der Waals surface area (Å²) in [5.41, 5.74) is 1.50. The van der Waals surface area contributed by atoms with Gasteiger partial charge in [0.25, 0.3) is 0 Å². The Labute approximate surface area is 124 Å². The molecule has 1 aromatic carbocycles.